The van der Waals surface area contributed by atoms with Gasteiger partial charge in [-0.25, -0.2) is 4.39 Å². The smallest absolute Gasteiger partial charge is 0.166 e. The summed E-state index contributed by atoms with van der Waals surface area (Å²) >= 11 is 0. The van der Waals surface area contributed by atoms with Crippen molar-refractivity contribution in [3.63, 3.8) is 0 Å². The van der Waals surface area contributed by atoms with Gasteiger partial charge in [-0.05, 0) is 24.3 Å². The van der Waals surface area contributed by atoms with Crippen molar-refractivity contribution in [1.82, 2.24) is 0 Å². The van der Waals surface area contributed by atoms with Gasteiger partial charge in [0, 0.05) is 29.4 Å². The second-order valence-electron chi connectivity index (χ2n) is 7.95. The molecule has 0 aromatic heterocycles. The van der Waals surface area contributed by atoms with Crippen LogP contribution in [-0.4, -0.2) is 39.4 Å². The molecule has 8 heteroatoms. The molecule has 3 aromatic carbocycles. The summed E-state index contributed by atoms with van der Waals surface area (Å²) in [5.41, 5.74) is 2.71. The average molecular weight is 467 g/mol. The van der Waals surface area contributed by atoms with Crippen molar-refractivity contribution in [2.24, 2.45) is 0 Å². The zero-order valence-corrected chi connectivity index (χ0v) is 18.9. The number of benzene rings is 3. The van der Waals surface area contributed by atoms with Crippen LogP contribution in [0.5, 0.6) is 11.5 Å². The molecule has 0 radical (unpaired) electrons. The first kappa shape index (κ1) is 23.5. The summed E-state index contributed by atoms with van der Waals surface area (Å²) in [6.07, 6.45) is 0. The first-order valence-corrected chi connectivity index (χ1v) is 11.1. The number of rotatable bonds is 9. The monoisotopic (exact) mass is 466 g/mol. The largest absolute Gasteiger partial charge is 0.545 e. The minimum absolute atomic E-state index is 0.0475. The van der Waals surface area contributed by atoms with E-state index in [1.807, 2.05) is 24.3 Å². The lowest BCUT2D eigenvalue weighted by Crippen LogP contribution is -3.09. The maximum absolute atomic E-state index is 14.0. The van der Waals surface area contributed by atoms with E-state index in [-0.39, 0.29) is 18.0 Å². The van der Waals surface area contributed by atoms with E-state index in [0.717, 1.165) is 10.5 Å². The van der Waals surface area contributed by atoms with Gasteiger partial charge < -0.3 is 29.4 Å². The zero-order valence-electron chi connectivity index (χ0n) is 18.9. The third-order valence-corrected chi connectivity index (χ3v) is 5.81. The van der Waals surface area contributed by atoms with E-state index in [1.165, 1.54) is 6.07 Å². The lowest BCUT2D eigenvalue weighted by Gasteiger charge is -2.26. The fourth-order valence-electron chi connectivity index (χ4n) is 4.01. The second-order valence-corrected chi connectivity index (χ2v) is 7.95. The van der Waals surface area contributed by atoms with Gasteiger partial charge in [0.1, 0.15) is 31.2 Å². The normalized spacial score (nSPS) is 13.9. The number of hydrogen-bond donors (Lipinski definition) is 2. The van der Waals surface area contributed by atoms with Gasteiger partial charge in [-0.15, -0.1) is 0 Å². The number of hydrogen-bond acceptors (Lipinski definition) is 6. The summed E-state index contributed by atoms with van der Waals surface area (Å²) in [5, 5.41) is 15.1. The number of ether oxygens (including phenoxy) is 3. The number of anilines is 1. The predicted molar refractivity (Wildman–Crippen MR) is 123 cm³/mol. The number of halogens is 1. The molecular weight excluding hydrogens is 439 g/mol. The molecule has 4 rings (SSSR count). The number of methoxy groups -OCH3 is 1. The molecule has 1 aliphatic rings. The van der Waals surface area contributed by atoms with Crippen molar-refractivity contribution in [2.75, 3.05) is 38.7 Å². The average Bonchev–Trinajstić information content (AvgIpc) is 2.87. The van der Waals surface area contributed by atoms with Crippen LogP contribution >= 0.6 is 0 Å². The molecule has 1 fully saturated rings. The van der Waals surface area contributed by atoms with E-state index in [2.05, 4.69) is 5.32 Å². The molecule has 3 aromatic rings. The van der Waals surface area contributed by atoms with Crippen molar-refractivity contribution in [3.8, 4) is 11.5 Å². The van der Waals surface area contributed by atoms with Crippen LogP contribution in [0.15, 0.2) is 60.7 Å². The topological polar surface area (TPSA) is 84.3 Å². The number of carbonyl (C=O) groups is 1. The SMILES string of the molecule is COc1cccc(CNc2ccc([NH+]3CCOCC3)c(C(=O)[O-])c2)c1OCc1ccccc1F. The van der Waals surface area contributed by atoms with E-state index < -0.39 is 5.97 Å². The fourth-order valence-corrected chi connectivity index (χ4v) is 4.01. The van der Waals surface area contributed by atoms with Gasteiger partial charge in [-0.1, -0.05) is 30.3 Å². The minimum atomic E-state index is -1.21. The molecule has 0 spiro atoms. The molecule has 0 bridgehead atoms. The Morgan fingerprint density at radius 1 is 1.09 bits per heavy atom. The van der Waals surface area contributed by atoms with Gasteiger partial charge >= 0.3 is 0 Å². The first-order chi connectivity index (χ1) is 16.6. The molecule has 2 N–H and O–H groups in total. The molecule has 7 nitrogen and oxygen atoms in total. The summed E-state index contributed by atoms with van der Waals surface area (Å²) in [6.45, 7) is 2.99. The number of aromatic carboxylic acids is 1. The molecular formula is C26H27FN2O5. The summed E-state index contributed by atoms with van der Waals surface area (Å²) in [6, 6.07) is 17.2. The van der Waals surface area contributed by atoms with Crippen LogP contribution in [0.25, 0.3) is 0 Å². The molecule has 0 unspecified atom stereocenters. The highest BCUT2D eigenvalue weighted by atomic mass is 19.1. The fraction of sp³-hybridized carbons (Fsp3) is 0.269. The highest BCUT2D eigenvalue weighted by Crippen LogP contribution is 2.32. The van der Waals surface area contributed by atoms with Crippen molar-refractivity contribution < 1.29 is 33.4 Å². The third kappa shape index (κ3) is 5.47. The molecule has 34 heavy (non-hydrogen) atoms. The Labute approximate surface area is 197 Å². The summed E-state index contributed by atoms with van der Waals surface area (Å²) in [7, 11) is 1.54. The number of morpholine rings is 1. The van der Waals surface area contributed by atoms with E-state index >= 15 is 0 Å². The highest BCUT2D eigenvalue weighted by Gasteiger charge is 2.21. The number of para-hydroxylation sites is 1. The number of carbonyl (C=O) groups excluding carboxylic acids is 1. The van der Waals surface area contributed by atoms with E-state index in [9.17, 15) is 14.3 Å². The van der Waals surface area contributed by atoms with Crippen molar-refractivity contribution in [1.29, 1.82) is 0 Å². The molecule has 1 heterocycles. The second kappa shape index (κ2) is 11.0. The summed E-state index contributed by atoms with van der Waals surface area (Å²) in [5.74, 6) is -0.533. The quantitative estimate of drug-likeness (QED) is 0.502. The van der Waals surface area contributed by atoms with Crippen LogP contribution in [-0.2, 0) is 17.9 Å². The van der Waals surface area contributed by atoms with Crippen LogP contribution < -0.4 is 24.8 Å². The van der Waals surface area contributed by atoms with Crippen molar-refractivity contribution in [3.05, 3.63) is 83.2 Å². The van der Waals surface area contributed by atoms with Crippen molar-refractivity contribution in [2.45, 2.75) is 13.2 Å². The maximum Gasteiger partial charge on any atom is 0.166 e. The minimum Gasteiger partial charge on any atom is -0.545 e. The Morgan fingerprint density at radius 3 is 2.59 bits per heavy atom. The van der Waals surface area contributed by atoms with Gasteiger partial charge in [-0.3, -0.25) is 4.90 Å². The van der Waals surface area contributed by atoms with Crippen LogP contribution in [0.2, 0.25) is 0 Å². The van der Waals surface area contributed by atoms with Gasteiger partial charge in [0.15, 0.2) is 11.5 Å². The van der Waals surface area contributed by atoms with E-state index in [0.29, 0.717) is 61.3 Å². The first-order valence-electron chi connectivity index (χ1n) is 11.1. The maximum atomic E-state index is 14.0. The number of carboxylic acids is 1. The standard InChI is InChI=1S/C26H27FN2O5/c1-32-24-8-4-6-18(25(24)34-17-19-5-2-3-7-22(19)27)16-28-20-9-10-23(21(15-20)26(30)31)29-11-13-33-14-12-29/h2-10,15,28H,11-14,16-17H2,1H3,(H,30,31). The number of nitrogens with one attached hydrogen (secondary N) is 2. The molecule has 0 amide bonds. The Kier molecular flexibility index (Phi) is 7.61. The van der Waals surface area contributed by atoms with Gasteiger partial charge in [-0.2, -0.15) is 0 Å². The number of carboxylic acid groups (broad SMARTS) is 1. The molecule has 0 atom stereocenters. The van der Waals surface area contributed by atoms with Gasteiger partial charge in [0.05, 0.1) is 31.9 Å². The highest BCUT2D eigenvalue weighted by molar-refractivity contribution is 5.92. The Morgan fingerprint density at radius 2 is 1.85 bits per heavy atom. The zero-order chi connectivity index (χ0) is 23.9. The molecule has 0 saturated carbocycles. The lowest BCUT2D eigenvalue weighted by atomic mass is 10.1. The molecule has 178 valence electrons. The Hall–Kier alpha value is -3.62. The van der Waals surface area contributed by atoms with Crippen LogP contribution in [0, 0.1) is 5.82 Å². The van der Waals surface area contributed by atoms with Gasteiger partial charge in [0.25, 0.3) is 0 Å². The van der Waals surface area contributed by atoms with Gasteiger partial charge in [0.2, 0.25) is 0 Å². The van der Waals surface area contributed by atoms with E-state index in [1.54, 1.807) is 37.4 Å². The van der Waals surface area contributed by atoms with Crippen LogP contribution in [0.3, 0.4) is 0 Å². The molecule has 0 aliphatic carbocycles. The van der Waals surface area contributed by atoms with Crippen LogP contribution in [0.1, 0.15) is 21.5 Å². The Bertz CT molecular complexity index is 1150. The Balaban J connectivity index is 1.52. The molecule has 1 saturated heterocycles. The van der Waals surface area contributed by atoms with Crippen LogP contribution in [0.4, 0.5) is 15.8 Å². The molecule has 1 aliphatic heterocycles. The number of quaternary nitrogens is 1. The summed E-state index contributed by atoms with van der Waals surface area (Å²) in [4.78, 5) is 12.9. The van der Waals surface area contributed by atoms with Crippen molar-refractivity contribution >= 4 is 17.3 Å². The lowest BCUT2D eigenvalue weighted by molar-refractivity contribution is -0.842. The van der Waals surface area contributed by atoms with E-state index in [4.69, 9.17) is 14.2 Å². The third-order valence-electron chi connectivity index (χ3n) is 5.81. The predicted octanol–water partition coefficient (Wildman–Crippen LogP) is 1.94. The summed E-state index contributed by atoms with van der Waals surface area (Å²) < 4.78 is 30.8.